The lowest BCUT2D eigenvalue weighted by Gasteiger charge is -2.04. The summed E-state index contributed by atoms with van der Waals surface area (Å²) in [5.74, 6) is -0.941. The Labute approximate surface area is 142 Å². The van der Waals surface area contributed by atoms with Crippen LogP contribution in [0.5, 0.6) is 5.75 Å². The van der Waals surface area contributed by atoms with E-state index in [9.17, 15) is 14.7 Å². The van der Waals surface area contributed by atoms with Crippen molar-refractivity contribution in [3.8, 4) is 5.75 Å². The maximum atomic E-state index is 12.8. The molecule has 0 aliphatic carbocycles. The Morgan fingerprint density at radius 2 is 2.08 bits per heavy atom. The van der Waals surface area contributed by atoms with Crippen LogP contribution in [0.15, 0.2) is 36.5 Å². The third kappa shape index (κ3) is 2.96. The Morgan fingerprint density at radius 1 is 1.29 bits per heavy atom. The van der Waals surface area contributed by atoms with Crippen molar-refractivity contribution in [3.05, 3.63) is 58.5 Å². The van der Waals surface area contributed by atoms with E-state index >= 15 is 0 Å². The highest BCUT2D eigenvalue weighted by molar-refractivity contribution is 6.31. The quantitative estimate of drug-likeness (QED) is 0.694. The van der Waals surface area contributed by atoms with E-state index in [2.05, 4.69) is 9.97 Å². The Bertz CT molecular complexity index is 949. The third-order valence-corrected chi connectivity index (χ3v) is 3.86. The number of fused-ring (bicyclic) bond motifs is 1. The molecule has 2 N–H and O–H groups in total. The summed E-state index contributed by atoms with van der Waals surface area (Å²) in [6.45, 7) is 0. The molecule has 24 heavy (non-hydrogen) atoms. The average molecular weight is 345 g/mol. The second-order valence-electron chi connectivity index (χ2n) is 5.15. The number of rotatable bonds is 5. The van der Waals surface area contributed by atoms with Gasteiger partial charge in [0, 0.05) is 33.8 Å². The lowest BCUT2D eigenvalue weighted by Crippen LogP contribution is -2.10. The lowest BCUT2D eigenvalue weighted by atomic mass is 10.0. The largest absolute Gasteiger partial charge is 0.497 e. The molecule has 0 bridgehead atoms. The van der Waals surface area contributed by atoms with Gasteiger partial charge < -0.3 is 14.8 Å². The summed E-state index contributed by atoms with van der Waals surface area (Å²) in [7, 11) is 1.49. The summed E-state index contributed by atoms with van der Waals surface area (Å²) in [6, 6.07) is 8.13. The third-order valence-electron chi connectivity index (χ3n) is 3.62. The Morgan fingerprint density at radius 3 is 2.79 bits per heavy atom. The van der Waals surface area contributed by atoms with Gasteiger partial charge in [0.05, 0.1) is 19.2 Å². The number of pyridine rings is 1. The van der Waals surface area contributed by atoms with Crippen LogP contribution in [0.2, 0.25) is 5.02 Å². The molecule has 0 atom stereocenters. The number of benzene rings is 1. The molecule has 6 nitrogen and oxygen atoms in total. The standard InChI is InChI=1S/C17H13ClN2O4/c1-24-10-4-5-19-14(7-10)17(23)16-12(8-15(21)22)11-3-2-9(18)6-13(11)20-16/h2-7,20H,8H2,1H3,(H,21,22). The zero-order chi connectivity index (χ0) is 17.3. The van der Waals surface area contributed by atoms with Gasteiger partial charge in [0.15, 0.2) is 0 Å². The van der Waals surface area contributed by atoms with Gasteiger partial charge in [-0.1, -0.05) is 17.7 Å². The summed E-state index contributed by atoms with van der Waals surface area (Å²) in [6.07, 6.45) is 1.18. The van der Waals surface area contributed by atoms with Crippen molar-refractivity contribution in [2.75, 3.05) is 7.11 Å². The monoisotopic (exact) mass is 344 g/mol. The molecule has 2 heterocycles. The van der Waals surface area contributed by atoms with E-state index in [0.29, 0.717) is 27.2 Å². The average Bonchev–Trinajstić information content (AvgIpc) is 2.91. The van der Waals surface area contributed by atoms with Crippen molar-refractivity contribution in [1.29, 1.82) is 0 Å². The molecule has 0 saturated carbocycles. The van der Waals surface area contributed by atoms with E-state index in [-0.39, 0.29) is 17.8 Å². The normalized spacial score (nSPS) is 10.8. The van der Waals surface area contributed by atoms with Gasteiger partial charge >= 0.3 is 5.97 Å². The van der Waals surface area contributed by atoms with Gasteiger partial charge in [0.1, 0.15) is 11.4 Å². The number of nitrogens with one attached hydrogen (secondary N) is 1. The van der Waals surface area contributed by atoms with Gasteiger partial charge in [-0.3, -0.25) is 14.6 Å². The van der Waals surface area contributed by atoms with Gasteiger partial charge in [-0.05, 0) is 18.2 Å². The van der Waals surface area contributed by atoms with Crippen LogP contribution < -0.4 is 4.74 Å². The number of carboxylic acid groups (broad SMARTS) is 1. The first kappa shape index (κ1) is 16.0. The van der Waals surface area contributed by atoms with Crippen molar-refractivity contribution < 1.29 is 19.4 Å². The highest BCUT2D eigenvalue weighted by Gasteiger charge is 2.22. The van der Waals surface area contributed by atoms with Crippen LogP contribution in [0.3, 0.4) is 0 Å². The van der Waals surface area contributed by atoms with Crippen molar-refractivity contribution in [3.63, 3.8) is 0 Å². The van der Waals surface area contributed by atoms with Crippen LogP contribution in [0.1, 0.15) is 21.7 Å². The molecule has 122 valence electrons. The SMILES string of the molecule is COc1ccnc(C(=O)c2[nH]c3cc(Cl)ccc3c2CC(=O)O)c1. The fraction of sp³-hybridized carbons (Fsp3) is 0.118. The van der Waals surface area contributed by atoms with E-state index in [4.69, 9.17) is 16.3 Å². The summed E-state index contributed by atoms with van der Waals surface area (Å²) in [4.78, 5) is 31.0. The minimum Gasteiger partial charge on any atom is -0.497 e. The number of aliphatic carboxylic acids is 1. The Hall–Kier alpha value is -2.86. The molecule has 3 aromatic rings. The van der Waals surface area contributed by atoms with Crippen LogP contribution in [-0.4, -0.2) is 33.9 Å². The molecule has 0 aliphatic heterocycles. The van der Waals surface area contributed by atoms with E-state index < -0.39 is 11.8 Å². The number of carbonyl (C=O) groups is 2. The predicted octanol–water partition coefficient (Wildman–Crippen LogP) is 3.08. The van der Waals surface area contributed by atoms with Crippen molar-refractivity contribution in [2.45, 2.75) is 6.42 Å². The molecule has 3 rings (SSSR count). The van der Waals surface area contributed by atoms with E-state index in [1.165, 1.54) is 19.4 Å². The number of nitrogens with zero attached hydrogens (tertiary/aromatic N) is 1. The van der Waals surface area contributed by atoms with Crippen molar-refractivity contribution in [2.24, 2.45) is 0 Å². The molecule has 0 spiro atoms. The van der Waals surface area contributed by atoms with Gasteiger partial charge in [0.25, 0.3) is 0 Å². The highest BCUT2D eigenvalue weighted by atomic mass is 35.5. The topological polar surface area (TPSA) is 92.3 Å². The molecule has 0 unspecified atom stereocenters. The molecular weight excluding hydrogens is 332 g/mol. The van der Waals surface area contributed by atoms with Gasteiger partial charge in [0.2, 0.25) is 5.78 Å². The summed E-state index contributed by atoms with van der Waals surface area (Å²) in [5.41, 5.74) is 1.36. The number of halogens is 1. The van der Waals surface area contributed by atoms with E-state index in [1.54, 1.807) is 24.3 Å². The van der Waals surface area contributed by atoms with Crippen molar-refractivity contribution >= 4 is 34.3 Å². The first-order chi connectivity index (χ1) is 11.5. The van der Waals surface area contributed by atoms with E-state index in [0.717, 1.165) is 0 Å². The fourth-order valence-electron chi connectivity index (χ4n) is 2.55. The molecule has 7 heteroatoms. The maximum absolute atomic E-state index is 12.8. The van der Waals surface area contributed by atoms with Crippen LogP contribution >= 0.6 is 11.6 Å². The Balaban J connectivity index is 2.16. The number of ketones is 1. The van der Waals surface area contributed by atoms with Gasteiger partial charge in [-0.25, -0.2) is 0 Å². The molecule has 0 aliphatic rings. The number of hydrogen-bond donors (Lipinski definition) is 2. The first-order valence-corrected chi connectivity index (χ1v) is 7.44. The molecule has 0 fully saturated rings. The van der Waals surface area contributed by atoms with Crippen LogP contribution in [0, 0.1) is 0 Å². The Kier molecular flexibility index (Phi) is 4.22. The van der Waals surface area contributed by atoms with Crippen LogP contribution in [-0.2, 0) is 11.2 Å². The number of aromatic amines is 1. The molecule has 0 saturated heterocycles. The van der Waals surface area contributed by atoms with E-state index in [1.807, 2.05) is 0 Å². The summed E-state index contributed by atoms with van der Waals surface area (Å²) in [5, 5.41) is 10.3. The zero-order valence-electron chi connectivity index (χ0n) is 12.7. The van der Waals surface area contributed by atoms with Crippen LogP contribution in [0.25, 0.3) is 10.9 Å². The number of carbonyl (C=O) groups excluding carboxylic acids is 1. The summed E-state index contributed by atoms with van der Waals surface area (Å²) >= 11 is 5.97. The van der Waals surface area contributed by atoms with Crippen molar-refractivity contribution in [1.82, 2.24) is 9.97 Å². The molecule has 0 amide bonds. The number of ether oxygens (including phenoxy) is 1. The minimum atomic E-state index is -1.03. The van der Waals surface area contributed by atoms with Gasteiger partial charge in [-0.2, -0.15) is 0 Å². The maximum Gasteiger partial charge on any atom is 0.307 e. The second-order valence-corrected chi connectivity index (χ2v) is 5.59. The highest BCUT2D eigenvalue weighted by Crippen LogP contribution is 2.27. The van der Waals surface area contributed by atoms with Crippen LogP contribution in [0.4, 0.5) is 0 Å². The lowest BCUT2D eigenvalue weighted by molar-refractivity contribution is -0.136. The van der Waals surface area contributed by atoms with Gasteiger partial charge in [-0.15, -0.1) is 0 Å². The number of methoxy groups -OCH3 is 1. The predicted molar refractivity (Wildman–Crippen MR) is 88.9 cm³/mol. The fourth-order valence-corrected chi connectivity index (χ4v) is 2.72. The molecule has 2 aromatic heterocycles. The molecular formula is C17H13ClN2O4. The smallest absolute Gasteiger partial charge is 0.307 e. The number of aromatic nitrogens is 2. The second kappa shape index (κ2) is 6.33. The first-order valence-electron chi connectivity index (χ1n) is 7.06. The number of H-pyrrole nitrogens is 1. The minimum absolute atomic E-state index is 0.165. The number of hydrogen-bond acceptors (Lipinski definition) is 4. The molecule has 1 aromatic carbocycles. The summed E-state index contributed by atoms with van der Waals surface area (Å²) < 4.78 is 5.10. The zero-order valence-corrected chi connectivity index (χ0v) is 13.4. The molecule has 0 radical (unpaired) electrons. The number of carboxylic acids is 1.